The Bertz CT molecular complexity index is 305. The van der Waals surface area contributed by atoms with E-state index < -0.39 is 0 Å². The molecule has 0 bridgehead atoms. The van der Waals surface area contributed by atoms with Crippen molar-refractivity contribution in [3.05, 3.63) is 11.7 Å². The second-order valence-electron chi connectivity index (χ2n) is 4.14. The van der Waals surface area contributed by atoms with E-state index in [0.29, 0.717) is 31.0 Å². The maximum Gasteiger partial charge on any atom is 0.232 e. The molecule has 0 aliphatic carbocycles. The van der Waals surface area contributed by atoms with Crippen molar-refractivity contribution in [1.29, 1.82) is 0 Å². The first-order valence-corrected chi connectivity index (χ1v) is 5.39. The van der Waals surface area contributed by atoms with Gasteiger partial charge in [-0.3, -0.25) is 0 Å². The van der Waals surface area contributed by atoms with Gasteiger partial charge in [0.1, 0.15) is 0 Å². The Kier molecular flexibility index (Phi) is 3.33. The monoisotopic (exact) mass is 211 g/mol. The zero-order chi connectivity index (χ0) is 10.7. The Morgan fingerprint density at radius 3 is 3.07 bits per heavy atom. The molecule has 1 N–H and O–H groups in total. The Morgan fingerprint density at radius 2 is 2.40 bits per heavy atom. The van der Waals surface area contributed by atoms with Crippen molar-refractivity contribution < 1.29 is 9.26 Å². The number of ether oxygens (including phenoxy) is 1. The first-order chi connectivity index (χ1) is 7.25. The number of nitrogens with one attached hydrogen (secondary N) is 1. The average molecular weight is 211 g/mol. The van der Waals surface area contributed by atoms with Gasteiger partial charge in [0.15, 0.2) is 5.82 Å². The SMILES string of the molecule is CC(C)NCc1noc(C2CCOC2)n1. The molecule has 84 valence electrons. The fourth-order valence-electron chi connectivity index (χ4n) is 1.53. The van der Waals surface area contributed by atoms with Gasteiger partial charge in [-0.05, 0) is 6.42 Å². The lowest BCUT2D eigenvalue weighted by Crippen LogP contribution is -2.22. The largest absolute Gasteiger partial charge is 0.381 e. The molecule has 0 amide bonds. The molecule has 1 aliphatic heterocycles. The lowest BCUT2D eigenvalue weighted by molar-refractivity contribution is 0.189. The molecule has 1 saturated heterocycles. The summed E-state index contributed by atoms with van der Waals surface area (Å²) in [7, 11) is 0. The van der Waals surface area contributed by atoms with Crippen LogP contribution in [-0.2, 0) is 11.3 Å². The normalized spacial score (nSPS) is 21.4. The van der Waals surface area contributed by atoms with E-state index in [9.17, 15) is 0 Å². The maximum absolute atomic E-state index is 5.28. The highest BCUT2D eigenvalue weighted by atomic mass is 16.5. The Labute approximate surface area is 89.2 Å². The zero-order valence-electron chi connectivity index (χ0n) is 9.19. The van der Waals surface area contributed by atoms with E-state index in [4.69, 9.17) is 9.26 Å². The predicted molar refractivity (Wildman–Crippen MR) is 54.5 cm³/mol. The van der Waals surface area contributed by atoms with Crippen molar-refractivity contribution in [2.45, 2.75) is 38.8 Å². The average Bonchev–Trinajstić information content (AvgIpc) is 2.85. The summed E-state index contributed by atoms with van der Waals surface area (Å²) >= 11 is 0. The highest BCUT2D eigenvalue weighted by Crippen LogP contribution is 2.23. The van der Waals surface area contributed by atoms with Gasteiger partial charge in [-0.1, -0.05) is 19.0 Å². The zero-order valence-corrected chi connectivity index (χ0v) is 9.19. The summed E-state index contributed by atoms with van der Waals surface area (Å²) < 4.78 is 10.5. The molecule has 15 heavy (non-hydrogen) atoms. The smallest absolute Gasteiger partial charge is 0.232 e. The topological polar surface area (TPSA) is 60.2 Å². The summed E-state index contributed by atoms with van der Waals surface area (Å²) in [4.78, 5) is 4.34. The molecular formula is C10H17N3O2. The Hall–Kier alpha value is -0.940. The summed E-state index contributed by atoms with van der Waals surface area (Å²) in [6, 6.07) is 0.432. The highest BCUT2D eigenvalue weighted by Gasteiger charge is 2.23. The summed E-state index contributed by atoms with van der Waals surface area (Å²) in [5.74, 6) is 1.74. The molecule has 1 unspecified atom stereocenters. The third-order valence-electron chi connectivity index (χ3n) is 2.43. The molecule has 2 heterocycles. The van der Waals surface area contributed by atoms with Crippen LogP contribution in [0.1, 0.15) is 37.9 Å². The second-order valence-corrected chi connectivity index (χ2v) is 4.14. The van der Waals surface area contributed by atoms with E-state index in [0.717, 1.165) is 18.9 Å². The summed E-state index contributed by atoms with van der Waals surface area (Å²) in [5, 5.41) is 7.18. The third-order valence-corrected chi connectivity index (χ3v) is 2.43. The predicted octanol–water partition coefficient (Wildman–Crippen LogP) is 1.07. The van der Waals surface area contributed by atoms with E-state index in [1.807, 2.05) is 0 Å². The minimum Gasteiger partial charge on any atom is -0.381 e. The molecular weight excluding hydrogens is 194 g/mol. The minimum atomic E-state index is 0.297. The van der Waals surface area contributed by atoms with Gasteiger partial charge in [0, 0.05) is 12.6 Å². The van der Waals surface area contributed by atoms with E-state index >= 15 is 0 Å². The van der Waals surface area contributed by atoms with Gasteiger partial charge >= 0.3 is 0 Å². The van der Waals surface area contributed by atoms with Crippen LogP contribution in [0, 0.1) is 0 Å². The lowest BCUT2D eigenvalue weighted by Gasteiger charge is -2.03. The van der Waals surface area contributed by atoms with Gasteiger partial charge in [0.05, 0.1) is 19.1 Å². The molecule has 1 aromatic rings. The van der Waals surface area contributed by atoms with Crippen LogP contribution in [0.25, 0.3) is 0 Å². The van der Waals surface area contributed by atoms with E-state index in [1.54, 1.807) is 0 Å². The molecule has 5 heteroatoms. The fraction of sp³-hybridized carbons (Fsp3) is 0.800. The van der Waals surface area contributed by atoms with Gasteiger partial charge in [-0.15, -0.1) is 0 Å². The number of hydrogen-bond acceptors (Lipinski definition) is 5. The van der Waals surface area contributed by atoms with Crippen LogP contribution in [0.4, 0.5) is 0 Å². The van der Waals surface area contributed by atoms with Crippen molar-refractivity contribution in [2.75, 3.05) is 13.2 Å². The molecule has 1 aliphatic rings. The first kappa shape index (κ1) is 10.6. The number of nitrogens with zero attached hydrogens (tertiary/aromatic N) is 2. The van der Waals surface area contributed by atoms with Gasteiger partial charge in [-0.2, -0.15) is 4.98 Å². The van der Waals surface area contributed by atoms with Crippen molar-refractivity contribution in [2.24, 2.45) is 0 Å². The quantitative estimate of drug-likeness (QED) is 0.807. The van der Waals surface area contributed by atoms with Gasteiger partial charge in [0.2, 0.25) is 5.89 Å². The molecule has 0 spiro atoms. The van der Waals surface area contributed by atoms with E-state index in [-0.39, 0.29) is 0 Å². The number of rotatable bonds is 4. The molecule has 0 aromatic carbocycles. The maximum atomic E-state index is 5.28. The lowest BCUT2D eigenvalue weighted by atomic mass is 10.1. The van der Waals surface area contributed by atoms with Crippen LogP contribution >= 0.6 is 0 Å². The summed E-state index contributed by atoms with van der Waals surface area (Å²) in [5.41, 5.74) is 0. The first-order valence-electron chi connectivity index (χ1n) is 5.39. The minimum absolute atomic E-state index is 0.297. The van der Waals surface area contributed by atoms with Crippen LogP contribution < -0.4 is 5.32 Å². The fourth-order valence-corrected chi connectivity index (χ4v) is 1.53. The van der Waals surface area contributed by atoms with Crippen molar-refractivity contribution >= 4 is 0 Å². The van der Waals surface area contributed by atoms with Crippen molar-refractivity contribution in [3.63, 3.8) is 0 Å². The number of aromatic nitrogens is 2. The summed E-state index contributed by atoms with van der Waals surface area (Å²) in [6.07, 6.45) is 0.985. The highest BCUT2D eigenvalue weighted by molar-refractivity contribution is 4.95. The molecule has 2 rings (SSSR count). The van der Waals surface area contributed by atoms with Crippen LogP contribution in [0.2, 0.25) is 0 Å². The number of hydrogen-bond donors (Lipinski definition) is 1. The van der Waals surface area contributed by atoms with Crippen LogP contribution in [-0.4, -0.2) is 29.4 Å². The molecule has 0 radical (unpaired) electrons. The van der Waals surface area contributed by atoms with E-state index in [2.05, 4.69) is 29.3 Å². The molecule has 5 nitrogen and oxygen atoms in total. The molecule has 1 atom stereocenters. The van der Waals surface area contributed by atoms with Crippen molar-refractivity contribution in [3.8, 4) is 0 Å². The van der Waals surface area contributed by atoms with Crippen LogP contribution in [0.3, 0.4) is 0 Å². The molecule has 0 saturated carbocycles. The van der Waals surface area contributed by atoms with Gasteiger partial charge in [0.25, 0.3) is 0 Å². The Morgan fingerprint density at radius 1 is 1.53 bits per heavy atom. The Balaban J connectivity index is 1.91. The summed E-state index contributed by atoms with van der Waals surface area (Å²) in [6.45, 7) is 6.35. The van der Waals surface area contributed by atoms with Gasteiger partial charge in [-0.25, -0.2) is 0 Å². The van der Waals surface area contributed by atoms with Crippen molar-refractivity contribution in [1.82, 2.24) is 15.5 Å². The second kappa shape index (κ2) is 4.72. The van der Waals surface area contributed by atoms with Crippen LogP contribution in [0.5, 0.6) is 0 Å². The molecule has 1 fully saturated rings. The standard InChI is InChI=1S/C10H17N3O2/c1-7(2)11-5-9-12-10(15-13-9)8-3-4-14-6-8/h7-8,11H,3-6H2,1-2H3. The van der Waals surface area contributed by atoms with E-state index in [1.165, 1.54) is 0 Å². The third kappa shape index (κ3) is 2.76. The molecule has 1 aromatic heterocycles. The van der Waals surface area contributed by atoms with Crippen LogP contribution in [0.15, 0.2) is 4.52 Å². The van der Waals surface area contributed by atoms with Gasteiger partial charge < -0.3 is 14.6 Å².